The summed E-state index contributed by atoms with van der Waals surface area (Å²) in [5, 5.41) is 0. The normalized spacial score (nSPS) is 26.2. The van der Waals surface area contributed by atoms with Crippen LogP contribution in [0.2, 0.25) is 0 Å². The van der Waals surface area contributed by atoms with E-state index >= 15 is 0 Å². The molecule has 68 valence electrons. The second kappa shape index (κ2) is 5.47. The Labute approximate surface area is 78.2 Å². The highest BCUT2D eigenvalue weighted by atomic mass is 32.2. The standard InChI is InChI=1S/C9H15NOS/c1-2-3-4-8(10)9-7-12-6-5-11-9/h1,8-9H,3-7,10H2. The third-order valence-corrected chi connectivity index (χ3v) is 2.96. The quantitative estimate of drug-likeness (QED) is 0.662. The summed E-state index contributed by atoms with van der Waals surface area (Å²) in [5.41, 5.74) is 5.90. The molecular weight excluding hydrogens is 170 g/mol. The van der Waals surface area contributed by atoms with E-state index in [2.05, 4.69) is 5.92 Å². The highest BCUT2D eigenvalue weighted by molar-refractivity contribution is 7.99. The van der Waals surface area contributed by atoms with Crippen LogP contribution in [0.4, 0.5) is 0 Å². The maximum absolute atomic E-state index is 5.90. The van der Waals surface area contributed by atoms with Crippen molar-refractivity contribution in [1.29, 1.82) is 0 Å². The average molecular weight is 185 g/mol. The number of hydrogen-bond donors (Lipinski definition) is 1. The average Bonchev–Trinajstić information content (AvgIpc) is 2.15. The second-order valence-corrected chi connectivity index (χ2v) is 4.04. The molecule has 2 N–H and O–H groups in total. The Balaban J connectivity index is 2.21. The number of nitrogens with two attached hydrogens (primary N) is 1. The zero-order valence-electron chi connectivity index (χ0n) is 7.16. The monoisotopic (exact) mass is 185 g/mol. The molecule has 0 aliphatic carbocycles. The molecule has 12 heavy (non-hydrogen) atoms. The zero-order chi connectivity index (χ0) is 8.81. The van der Waals surface area contributed by atoms with Gasteiger partial charge in [0.2, 0.25) is 0 Å². The molecule has 1 aliphatic rings. The Morgan fingerprint density at radius 1 is 1.75 bits per heavy atom. The smallest absolute Gasteiger partial charge is 0.0816 e. The second-order valence-electron chi connectivity index (χ2n) is 2.89. The topological polar surface area (TPSA) is 35.2 Å². The third kappa shape index (κ3) is 3.06. The fraction of sp³-hybridized carbons (Fsp3) is 0.778. The van der Waals surface area contributed by atoms with E-state index in [1.807, 2.05) is 11.8 Å². The van der Waals surface area contributed by atoms with Gasteiger partial charge in [0, 0.05) is 24.0 Å². The molecule has 0 aromatic rings. The van der Waals surface area contributed by atoms with Crippen LogP contribution in [0.25, 0.3) is 0 Å². The van der Waals surface area contributed by atoms with Crippen LogP contribution in [0.5, 0.6) is 0 Å². The van der Waals surface area contributed by atoms with Crippen molar-refractivity contribution in [2.24, 2.45) is 5.73 Å². The van der Waals surface area contributed by atoms with Crippen molar-refractivity contribution in [3.8, 4) is 12.3 Å². The number of terminal acetylenes is 1. The van der Waals surface area contributed by atoms with Gasteiger partial charge in [-0.05, 0) is 6.42 Å². The first-order valence-electron chi connectivity index (χ1n) is 4.23. The van der Waals surface area contributed by atoms with Gasteiger partial charge in [-0.2, -0.15) is 11.8 Å². The Morgan fingerprint density at radius 3 is 3.17 bits per heavy atom. The lowest BCUT2D eigenvalue weighted by atomic mass is 10.1. The van der Waals surface area contributed by atoms with Crippen molar-refractivity contribution in [3.05, 3.63) is 0 Å². The first-order valence-corrected chi connectivity index (χ1v) is 5.38. The minimum Gasteiger partial charge on any atom is -0.375 e. The SMILES string of the molecule is C#CCCC(N)C1CSCCO1. The van der Waals surface area contributed by atoms with Gasteiger partial charge in [-0.1, -0.05) is 0 Å². The predicted octanol–water partition coefficient (Wildman–Crippen LogP) is 0.859. The largest absolute Gasteiger partial charge is 0.375 e. The van der Waals surface area contributed by atoms with Crippen molar-refractivity contribution < 1.29 is 4.74 Å². The van der Waals surface area contributed by atoms with Gasteiger partial charge in [-0.15, -0.1) is 12.3 Å². The summed E-state index contributed by atoms with van der Waals surface area (Å²) in [7, 11) is 0. The first kappa shape index (κ1) is 9.91. The molecule has 1 fully saturated rings. The maximum atomic E-state index is 5.90. The van der Waals surface area contributed by atoms with E-state index in [1.165, 1.54) is 0 Å². The Morgan fingerprint density at radius 2 is 2.58 bits per heavy atom. The number of ether oxygens (including phenoxy) is 1. The molecule has 2 nitrogen and oxygen atoms in total. The molecule has 0 amide bonds. The molecule has 3 heteroatoms. The highest BCUT2D eigenvalue weighted by Gasteiger charge is 2.20. The van der Waals surface area contributed by atoms with Gasteiger partial charge in [0.1, 0.15) is 0 Å². The molecule has 0 bridgehead atoms. The summed E-state index contributed by atoms with van der Waals surface area (Å²) in [6, 6.07) is 0.119. The Kier molecular flexibility index (Phi) is 4.52. The van der Waals surface area contributed by atoms with Gasteiger partial charge >= 0.3 is 0 Å². The number of hydrogen-bond acceptors (Lipinski definition) is 3. The van der Waals surface area contributed by atoms with Crippen LogP contribution in [0, 0.1) is 12.3 Å². The lowest BCUT2D eigenvalue weighted by Crippen LogP contribution is -2.41. The zero-order valence-corrected chi connectivity index (χ0v) is 7.98. The molecule has 1 saturated heterocycles. The minimum atomic E-state index is 0.119. The van der Waals surface area contributed by atoms with Crippen LogP contribution in [0.1, 0.15) is 12.8 Å². The summed E-state index contributed by atoms with van der Waals surface area (Å²) in [6.07, 6.45) is 7.01. The first-order chi connectivity index (χ1) is 5.84. The molecule has 0 saturated carbocycles. The molecule has 0 aromatic carbocycles. The molecule has 0 aromatic heterocycles. The molecule has 0 spiro atoms. The predicted molar refractivity (Wildman–Crippen MR) is 53.1 cm³/mol. The fourth-order valence-corrected chi connectivity index (χ4v) is 2.15. The van der Waals surface area contributed by atoms with Crippen LogP contribution in [-0.4, -0.2) is 30.3 Å². The van der Waals surface area contributed by atoms with E-state index in [0.29, 0.717) is 0 Å². The molecular formula is C9H15NOS. The summed E-state index contributed by atoms with van der Waals surface area (Å²) >= 11 is 1.91. The molecule has 0 radical (unpaired) electrons. The van der Waals surface area contributed by atoms with Crippen LogP contribution >= 0.6 is 11.8 Å². The van der Waals surface area contributed by atoms with E-state index < -0.39 is 0 Å². The number of thioether (sulfide) groups is 1. The third-order valence-electron chi connectivity index (χ3n) is 1.94. The molecule has 2 atom stereocenters. The van der Waals surface area contributed by atoms with Crippen LogP contribution < -0.4 is 5.73 Å². The van der Waals surface area contributed by atoms with E-state index in [1.54, 1.807) is 0 Å². The fourth-order valence-electron chi connectivity index (χ4n) is 1.19. The summed E-state index contributed by atoms with van der Waals surface area (Å²) in [5.74, 6) is 4.71. The molecule has 1 heterocycles. The van der Waals surface area contributed by atoms with Crippen molar-refractivity contribution in [1.82, 2.24) is 0 Å². The van der Waals surface area contributed by atoms with Crippen molar-refractivity contribution in [2.75, 3.05) is 18.1 Å². The Hall–Kier alpha value is -0.170. The summed E-state index contributed by atoms with van der Waals surface area (Å²) in [4.78, 5) is 0. The van der Waals surface area contributed by atoms with Crippen molar-refractivity contribution >= 4 is 11.8 Å². The van der Waals surface area contributed by atoms with Crippen LogP contribution in [-0.2, 0) is 4.74 Å². The minimum absolute atomic E-state index is 0.119. The van der Waals surface area contributed by atoms with E-state index in [0.717, 1.165) is 31.0 Å². The van der Waals surface area contributed by atoms with Gasteiger partial charge in [0.15, 0.2) is 0 Å². The lowest BCUT2D eigenvalue weighted by molar-refractivity contribution is 0.0555. The van der Waals surface area contributed by atoms with Crippen LogP contribution in [0.15, 0.2) is 0 Å². The molecule has 1 rings (SSSR count). The van der Waals surface area contributed by atoms with Gasteiger partial charge < -0.3 is 10.5 Å². The van der Waals surface area contributed by atoms with Gasteiger partial charge in [0.05, 0.1) is 12.7 Å². The van der Waals surface area contributed by atoms with E-state index in [4.69, 9.17) is 16.9 Å². The lowest BCUT2D eigenvalue weighted by Gasteiger charge is -2.27. The van der Waals surface area contributed by atoms with Gasteiger partial charge in [-0.3, -0.25) is 0 Å². The summed E-state index contributed by atoms with van der Waals surface area (Å²) in [6.45, 7) is 0.832. The van der Waals surface area contributed by atoms with Gasteiger partial charge in [0.25, 0.3) is 0 Å². The van der Waals surface area contributed by atoms with Gasteiger partial charge in [-0.25, -0.2) is 0 Å². The molecule has 2 unspecified atom stereocenters. The highest BCUT2D eigenvalue weighted by Crippen LogP contribution is 2.16. The maximum Gasteiger partial charge on any atom is 0.0816 e. The molecule has 1 aliphatic heterocycles. The van der Waals surface area contributed by atoms with Crippen molar-refractivity contribution in [2.45, 2.75) is 25.0 Å². The number of rotatable bonds is 3. The van der Waals surface area contributed by atoms with Crippen molar-refractivity contribution in [3.63, 3.8) is 0 Å². The van der Waals surface area contributed by atoms with Crippen LogP contribution in [0.3, 0.4) is 0 Å². The van der Waals surface area contributed by atoms with E-state index in [9.17, 15) is 0 Å². The Bertz CT molecular complexity index is 160. The summed E-state index contributed by atoms with van der Waals surface area (Å²) < 4.78 is 5.52. The van der Waals surface area contributed by atoms with E-state index in [-0.39, 0.29) is 12.1 Å².